The van der Waals surface area contributed by atoms with Gasteiger partial charge in [0.25, 0.3) is 5.69 Å². The maximum atomic E-state index is 13.0. The third-order valence-corrected chi connectivity index (χ3v) is 4.33. The number of para-hydroxylation sites is 1. The molecule has 0 fully saturated rings. The van der Waals surface area contributed by atoms with E-state index >= 15 is 0 Å². The van der Waals surface area contributed by atoms with Crippen molar-refractivity contribution in [1.82, 2.24) is 4.57 Å². The number of benzene rings is 2. The highest BCUT2D eigenvalue weighted by Crippen LogP contribution is 2.26. The zero-order valence-electron chi connectivity index (χ0n) is 14.2. The van der Waals surface area contributed by atoms with Gasteiger partial charge in [0.15, 0.2) is 0 Å². The quantitative estimate of drug-likeness (QED) is 0.405. The molecule has 0 bridgehead atoms. The van der Waals surface area contributed by atoms with Gasteiger partial charge in [-0.3, -0.25) is 19.5 Å². The number of rotatable bonds is 4. The van der Waals surface area contributed by atoms with E-state index in [4.69, 9.17) is 4.74 Å². The van der Waals surface area contributed by atoms with Crippen molar-refractivity contribution in [2.24, 2.45) is 0 Å². The van der Waals surface area contributed by atoms with Crippen molar-refractivity contribution in [2.45, 2.75) is 12.8 Å². The standard InChI is InChI=1S/C19H16N2O5/c1-12(13-7-9-14(10-8-13)21(24)25)18(22)20-11-16(19(23)26-2)15-5-3-4-6-17(15)20/h3-12H,1-2H3. The summed E-state index contributed by atoms with van der Waals surface area (Å²) in [6.07, 6.45) is 1.47. The molecule has 0 radical (unpaired) electrons. The van der Waals surface area contributed by atoms with E-state index in [0.29, 0.717) is 22.0 Å². The van der Waals surface area contributed by atoms with Crippen molar-refractivity contribution in [3.05, 3.63) is 76.0 Å². The highest BCUT2D eigenvalue weighted by atomic mass is 16.6. The minimum atomic E-state index is -0.544. The van der Waals surface area contributed by atoms with Crippen LogP contribution in [0.2, 0.25) is 0 Å². The van der Waals surface area contributed by atoms with Crippen LogP contribution < -0.4 is 0 Å². The number of hydrogen-bond acceptors (Lipinski definition) is 5. The van der Waals surface area contributed by atoms with Crippen molar-refractivity contribution in [3.63, 3.8) is 0 Å². The van der Waals surface area contributed by atoms with E-state index in [0.717, 1.165) is 0 Å². The SMILES string of the molecule is COC(=O)c1cn(C(=O)C(C)c2ccc([N+](=O)[O-])cc2)c2ccccc12. The Morgan fingerprint density at radius 2 is 1.77 bits per heavy atom. The fraction of sp³-hybridized carbons (Fsp3) is 0.158. The largest absolute Gasteiger partial charge is 0.465 e. The van der Waals surface area contributed by atoms with Crippen LogP contribution in [-0.2, 0) is 4.74 Å². The molecule has 0 amide bonds. The Labute approximate surface area is 149 Å². The van der Waals surface area contributed by atoms with E-state index in [1.165, 1.54) is 30.0 Å². The summed E-state index contributed by atoms with van der Waals surface area (Å²) in [7, 11) is 1.29. The van der Waals surface area contributed by atoms with Crippen LogP contribution in [0.25, 0.3) is 10.9 Å². The van der Waals surface area contributed by atoms with E-state index in [1.54, 1.807) is 43.3 Å². The number of esters is 1. The summed E-state index contributed by atoms with van der Waals surface area (Å²) in [4.78, 5) is 35.3. The van der Waals surface area contributed by atoms with Crippen LogP contribution in [0.15, 0.2) is 54.7 Å². The average Bonchev–Trinajstić information content (AvgIpc) is 3.06. The molecule has 0 spiro atoms. The summed E-state index contributed by atoms with van der Waals surface area (Å²) in [6, 6.07) is 12.9. The zero-order chi connectivity index (χ0) is 18.8. The molecule has 0 N–H and O–H groups in total. The van der Waals surface area contributed by atoms with Gasteiger partial charge in [0, 0.05) is 23.7 Å². The predicted octanol–water partition coefficient (Wildman–Crippen LogP) is 3.78. The topological polar surface area (TPSA) is 91.4 Å². The highest BCUT2D eigenvalue weighted by Gasteiger charge is 2.23. The first kappa shape index (κ1) is 17.3. The molecule has 7 nitrogen and oxygen atoms in total. The number of methoxy groups -OCH3 is 1. The van der Waals surface area contributed by atoms with Crippen molar-refractivity contribution in [1.29, 1.82) is 0 Å². The Morgan fingerprint density at radius 3 is 2.38 bits per heavy atom. The van der Waals surface area contributed by atoms with Crippen LogP contribution in [0.5, 0.6) is 0 Å². The Bertz CT molecular complexity index is 1000. The van der Waals surface area contributed by atoms with Gasteiger partial charge in [-0.15, -0.1) is 0 Å². The Morgan fingerprint density at radius 1 is 1.12 bits per heavy atom. The fourth-order valence-corrected chi connectivity index (χ4v) is 2.87. The average molecular weight is 352 g/mol. The fourth-order valence-electron chi connectivity index (χ4n) is 2.87. The monoisotopic (exact) mass is 352 g/mol. The Kier molecular flexibility index (Phi) is 4.53. The molecule has 0 aliphatic rings. The van der Waals surface area contributed by atoms with Gasteiger partial charge < -0.3 is 4.74 Å². The van der Waals surface area contributed by atoms with E-state index in [9.17, 15) is 19.7 Å². The normalized spacial score (nSPS) is 11.9. The van der Waals surface area contributed by atoms with Crippen LogP contribution in [-0.4, -0.2) is 28.5 Å². The number of nitro benzene ring substituents is 1. The molecular weight excluding hydrogens is 336 g/mol. The number of nitro groups is 1. The third kappa shape index (κ3) is 2.95. The minimum Gasteiger partial charge on any atom is -0.465 e. The molecule has 1 heterocycles. The number of ether oxygens (including phenoxy) is 1. The second-order valence-electron chi connectivity index (χ2n) is 5.83. The number of fused-ring (bicyclic) bond motifs is 1. The van der Waals surface area contributed by atoms with Gasteiger partial charge in [-0.25, -0.2) is 4.79 Å². The molecule has 3 rings (SSSR count). The number of nitrogens with zero attached hydrogens (tertiary/aromatic N) is 2. The maximum Gasteiger partial charge on any atom is 0.340 e. The van der Waals surface area contributed by atoms with Crippen LogP contribution in [0.1, 0.15) is 33.6 Å². The van der Waals surface area contributed by atoms with Crippen LogP contribution >= 0.6 is 0 Å². The summed E-state index contributed by atoms with van der Waals surface area (Å²) < 4.78 is 6.22. The summed E-state index contributed by atoms with van der Waals surface area (Å²) in [5.41, 5.74) is 1.53. The van der Waals surface area contributed by atoms with Crippen molar-refractivity contribution in [3.8, 4) is 0 Å². The molecule has 1 unspecified atom stereocenters. The molecule has 0 aliphatic carbocycles. The molecular formula is C19H16N2O5. The van der Waals surface area contributed by atoms with Gasteiger partial charge in [-0.1, -0.05) is 30.3 Å². The second-order valence-corrected chi connectivity index (χ2v) is 5.83. The van der Waals surface area contributed by atoms with Crippen molar-refractivity contribution < 1.29 is 19.2 Å². The molecule has 0 saturated carbocycles. The first-order valence-corrected chi connectivity index (χ1v) is 7.91. The number of carbonyl (C=O) groups is 2. The molecule has 0 saturated heterocycles. The second kappa shape index (κ2) is 6.79. The van der Waals surface area contributed by atoms with Crippen LogP contribution in [0, 0.1) is 10.1 Å². The summed E-state index contributed by atoms with van der Waals surface area (Å²) in [5.74, 6) is -1.31. The van der Waals surface area contributed by atoms with Crippen molar-refractivity contribution in [2.75, 3.05) is 7.11 Å². The lowest BCUT2D eigenvalue weighted by Gasteiger charge is -2.12. The number of aromatic nitrogens is 1. The van der Waals surface area contributed by atoms with Crippen LogP contribution in [0.3, 0.4) is 0 Å². The molecule has 3 aromatic rings. The van der Waals surface area contributed by atoms with E-state index in [-0.39, 0.29) is 11.6 Å². The first-order valence-electron chi connectivity index (χ1n) is 7.91. The Balaban J connectivity index is 2.01. The summed E-state index contributed by atoms with van der Waals surface area (Å²) >= 11 is 0. The van der Waals surface area contributed by atoms with Crippen LogP contribution in [0.4, 0.5) is 5.69 Å². The lowest BCUT2D eigenvalue weighted by molar-refractivity contribution is -0.384. The Hall–Kier alpha value is -3.48. The smallest absolute Gasteiger partial charge is 0.340 e. The first-order chi connectivity index (χ1) is 12.4. The molecule has 132 valence electrons. The third-order valence-electron chi connectivity index (χ3n) is 4.33. The molecule has 1 atom stereocenters. The summed E-state index contributed by atoms with van der Waals surface area (Å²) in [6.45, 7) is 1.72. The molecule has 1 aromatic heterocycles. The van der Waals surface area contributed by atoms with Gasteiger partial charge in [-0.05, 0) is 18.6 Å². The lowest BCUT2D eigenvalue weighted by Crippen LogP contribution is -2.17. The maximum absolute atomic E-state index is 13.0. The number of carbonyl (C=O) groups excluding carboxylic acids is 2. The van der Waals surface area contributed by atoms with Gasteiger partial charge in [0.1, 0.15) is 0 Å². The van der Waals surface area contributed by atoms with Gasteiger partial charge in [-0.2, -0.15) is 0 Å². The number of non-ortho nitro benzene ring substituents is 1. The van der Waals surface area contributed by atoms with Gasteiger partial charge in [0.2, 0.25) is 5.91 Å². The predicted molar refractivity (Wildman–Crippen MR) is 95.4 cm³/mol. The number of hydrogen-bond donors (Lipinski definition) is 0. The van der Waals surface area contributed by atoms with Crippen molar-refractivity contribution >= 4 is 28.5 Å². The molecule has 7 heteroatoms. The van der Waals surface area contributed by atoms with E-state index in [1.807, 2.05) is 0 Å². The molecule has 0 aliphatic heterocycles. The zero-order valence-corrected chi connectivity index (χ0v) is 14.2. The highest BCUT2D eigenvalue weighted by molar-refractivity contribution is 6.07. The molecule has 2 aromatic carbocycles. The summed E-state index contributed by atoms with van der Waals surface area (Å²) in [5, 5.41) is 11.4. The lowest BCUT2D eigenvalue weighted by atomic mass is 10.00. The van der Waals surface area contributed by atoms with Gasteiger partial charge >= 0.3 is 5.97 Å². The van der Waals surface area contributed by atoms with E-state index < -0.39 is 16.8 Å². The minimum absolute atomic E-state index is 0.0345. The van der Waals surface area contributed by atoms with Gasteiger partial charge in [0.05, 0.1) is 29.0 Å². The molecule has 26 heavy (non-hydrogen) atoms. The van der Waals surface area contributed by atoms with E-state index in [2.05, 4.69) is 0 Å².